The van der Waals surface area contributed by atoms with Crippen LogP contribution in [0.5, 0.6) is 5.75 Å². The predicted molar refractivity (Wildman–Crippen MR) is 127 cm³/mol. The maximum Gasteiger partial charge on any atom is 0.258 e. The van der Waals surface area contributed by atoms with E-state index in [1.807, 2.05) is 63.2 Å². The second-order valence-corrected chi connectivity index (χ2v) is 8.63. The van der Waals surface area contributed by atoms with Gasteiger partial charge < -0.3 is 4.74 Å². The fourth-order valence-electron chi connectivity index (χ4n) is 3.80. The summed E-state index contributed by atoms with van der Waals surface area (Å²) >= 11 is 1.46. The Morgan fingerprint density at radius 3 is 2.56 bits per heavy atom. The molecule has 32 heavy (non-hydrogen) atoms. The van der Waals surface area contributed by atoms with Gasteiger partial charge in [-0.05, 0) is 62.7 Å². The van der Waals surface area contributed by atoms with Gasteiger partial charge in [0.05, 0.1) is 39.7 Å². The van der Waals surface area contributed by atoms with Crippen LogP contribution in [0.1, 0.15) is 27.3 Å². The van der Waals surface area contributed by atoms with Crippen LogP contribution in [0.25, 0.3) is 26.9 Å². The number of rotatable bonds is 4. The maximum atomic E-state index is 13.3. The van der Waals surface area contributed by atoms with Gasteiger partial charge in [-0.25, -0.2) is 14.6 Å². The molecule has 0 saturated carbocycles. The van der Waals surface area contributed by atoms with Crippen LogP contribution < -0.4 is 10.1 Å². The Kier molecular flexibility index (Phi) is 4.86. The standard InChI is InChI=1S/C24H21N5O2S/c1-13-6-5-7-19-21(13)26-24(32-19)27-23(30)18-12-14(2)25-22-20(18)15(3)28-29(22)16-8-10-17(31-4)11-9-16/h5-12H,1-4H3,(H,26,27,30). The van der Waals surface area contributed by atoms with Crippen molar-refractivity contribution in [3.8, 4) is 11.4 Å². The summed E-state index contributed by atoms with van der Waals surface area (Å²) < 4.78 is 8.05. The van der Waals surface area contributed by atoms with Crippen molar-refractivity contribution < 1.29 is 9.53 Å². The van der Waals surface area contributed by atoms with Crippen molar-refractivity contribution in [2.45, 2.75) is 20.8 Å². The third kappa shape index (κ3) is 3.38. The number of nitrogens with zero attached hydrogens (tertiary/aromatic N) is 4. The number of thiazole rings is 1. The number of aryl methyl sites for hydroxylation is 3. The number of ether oxygens (including phenoxy) is 1. The van der Waals surface area contributed by atoms with E-state index >= 15 is 0 Å². The van der Waals surface area contributed by atoms with Gasteiger partial charge in [-0.2, -0.15) is 5.10 Å². The van der Waals surface area contributed by atoms with Crippen LogP contribution >= 0.6 is 11.3 Å². The highest BCUT2D eigenvalue weighted by atomic mass is 32.1. The van der Waals surface area contributed by atoms with Gasteiger partial charge in [0, 0.05) is 5.69 Å². The fraction of sp³-hybridized carbons (Fsp3) is 0.167. The molecule has 2 aromatic carbocycles. The average Bonchev–Trinajstić information content (AvgIpc) is 3.34. The summed E-state index contributed by atoms with van der Waals surface area (Å²) in [4.78, 5) is 22.6. The summed E-state index contributed by atoms with van der Waals surface area (Å²) in [5.74, 6) is 0.534. The van der Waals surface area contributed by atoms with E-state index in [-0.39, 0.29) is 5.91 Å². The summed E-state index contributed by atoms with van der Waals surface area (Å²) in [5.41, 5.74) is 5.46. The number of hydrogen-bond acceptors (Lipinski definition) is 6. The van der Waals surface area contributed by atoms with E-state index in [0.29, 0.717) is 16.3 Å². The van der Waals surface area contributed by atoms with Crippen molar-refractivity contribution in [3.63, 3.8) is 0 Å². The zero-order valence-corrected chi connectivity index (χ0v) is 18.9. The third-order valence-electron chi connectivity index (χ3n) is 5.34. The summed E-state index contributed by atoms with van der Waals surface area (Å²) in [6.07, 6.45) is 0. The number of carbonyl (C=O) groups is 1. The van der Waals surface area contributed by atoms with E-state index in [2.05, 4.69) is 20.4 Å². The molecule has 8 heteroatoms. The quantitative estimate of drug-likeness (QED) is 0.412. The van der Waals surface area contributed by atoms with Crippen molar-refractivity contribution in [3.05, 3.63) is 71.0 Å². The second kappa shape index (κ2) is 7.72. The highest BCUT2D eigenvalue weighted by Crippen LogP contribution is 2.30. The van der Waals surface area contributed by atoms with Gasteiger partial charge in [-0.15, -0.1) is 0 Å². The molecule has 0 saturated heterocycles. The Morgan fingerprint density at radius 1 is 1.06 bits per heavy atom. The number of pyridine rings is 1. The van der Waals surface area contributed by atoms with E-state index in [0.717, 1.165) is 44.0 Å². The van der Waals surface area contributed by atoms with Gasteiger partial charge in [0.25, 0.3) is 5.91 Å². The molecular weight excluding hydrogens is 422 g/mol. The molecule has 160 valence electrons. The number of amides is 1. The number of fused-ring (bicyclic) bond motifs is 2. The average molecular weight is 444 g/mol. The highest BCUT2D eigenvalue weighted by molar-refractivity contribution is 7.22. The van der Waals surface area contributed by atoms with E-state index in [4.69, 9.17) is 4.74 Å². The minimum atomic E-state index is -0.227. The van der Waals surface area contributed by atoms with E-state index in [1.165, 1.54) is 11.3 Å². The minimum absolute atomic E-state index is 0.227. The van der Waals surface area contributed by atoms with Crippen LogP contribution in [-0.4, -0.2) is 32.8 Å². The molecule has 0 aliphatic carbocycles. The van der Waals surface area contributed by atoms with Gasteiger partial charge >= 0.3 is 0 Å². The normalized spacial score (nSPS) is 11.2. The molecule has 1 N–H and O–H groups in total. The van der Waals surface area contributed by atoms with E-state index < -0.39 is 0 Å². The first-order valence-corrected chi connectivity index (χ1v) is 10.9. The molecule has 0 bridgehead atoms. The number of carbonyl (C=O) groups excluding carboxylic acids is 1. The Morgan fingerprint density at radius 2 is 1.84 bits per heavy atom. The first-order valence-electron chi connectivity index (χ1n) is 10.1. The summed E-state index contributed by atoms with van der Waals surface area (Å²) in [7, 11) is 1.63. The third-order valence-corrected chi connectivity index (χ3v) is 6.28. The maximum absolute atomic E-state index is 13.3. The van der Waals surface area contributed by atoms with Gasteiger partial charge in [0.2, 0.25) is 0 Å². The van der Waals surface area contributed by atoms with Crippen molar-refractivity contribution in [2.24, 2.45) is 0 Å². The van der Waals surface area contributed by atoms with Crippen LogP contribution in [0.2, 0.25) is 0 Å². The Balaban J connectivity index is 1.58. The summed E-state index contributed by atoms with van der Waals surface area (Å²) in [5, 5.41) is 8.94. The van der Waals surface area contributed by atoms with Crippen LogP contribution in [0.4, 0.5) is 5.13 Å². The molecule has 0 aliphatic heterocycles. The number of benzene rings is 2. The molecule has 5 aromatic rings. The first-order chi connectivity index (χ1) is 15.4. The summed E-state index contributed by atoms with van der Waals surface area (Å²) in [6, 6.07) is 15.4. The zero-order chi connectivity index (χ0) is 22.4. The van der Waals surface area contributed by atoms with Gasteiger partial charge in [-0.1, -0.05) is 23.5 Å². The molecule has 7 nitrogen and oxygen atoms in total. The van der Waals surface area contributed by atoms with Crippen LogP contribution in [-0.2, 0) is 0 Å². The summed E-state index contributed by atoms with van der Waals surface area (Å²) in [6.45, 7) is 5.77. The van der Waals surface area contributed by atoms with Gasteiger partial charge in [0.15, 0.2) is 10.8 Å². The van der Waals surface area contributed by atoms with Crippen molar-refractivity contribution in [1.29, 1.82) is 0 Å². The Labute approximate surface area is 188 Å². The number of methoxy groups -OCH3 is 1. The van der Waals surface area contributed by atoms with E-state index in [9.17, 15) is 4.79 Å². The first kappa shape index (κ1) is 20.1. The van der Waals surface area contributed by atoms with Gasteiger partial charge in [-0.3, -0.25) is 10.1 Å². The zero-order valence-electron chi connectivity index (χ0n) is 18.1. The molecule has 3 heterocycles. The van der Waals surface area contributed by atoms with Crippen molar-refractivity contribution >= 4 is 43.6 Å². The molecular formula is C24H21N5O2S. The minimum Gasteiger partial charge on any atom is -0.497 e. The fourth-order valence-corrected chi connectivity index (χ4v) is 4.74. The monoisotopic (exact) mass is 443 g/mol. The van der Waals surface area contributed by atoms with Crippen LogP contribution in [0, 0.1) is 20.8 Å². The lowest BCUT2D eigenvalue weighted by atomic mass is 10.1. The van der Waals surface area contributed by atoms with Crippen LogP contribution in [0.15, 0.2) is 48.5 Å². The molecule has 5 rings (SSSR count). The SMILES string of the molecule is COc1ccc(-n2nc(C)c3c(C(=O)Nc4nc5c(C)cccc5s4)cc(C)nc32)cc1. The smallest absolute Gasteiger partial charge is 0.258 e. The largest absolute Gasteiger partial charge is 0.497 e. The molecule has 0 unspecified atom stereocenters. The predicted octanol–water partition coefficient (Wildman–Crippen LogP) is 5.22. The molecule has 0 fully saturated rings. The molecule has 0 aliphatic rings. The lowest BCUT2D eigenvalue weighted by Crippen LogP contribution is -2.13. The molecule has 3 aromatic heterocycles. The lowest BCUT2D eigenvalue weighted by Gasteiger charge is -2.07. The number of para-hydroxylation sites is 1. The van der Waals surface area contributed by atoms with Crippen molar-refractivity contribution in [2.75, 3.05) is 12.4 Å². The molecule has 0 radical (unpaired) electrons. The Hall–Kier alpha value is -3.78. The second-order valence-electron chi connectivity index (χ2n) is 7.60. The molecule has 1 amide bonds. The van der Waals surface area contributed by atoms with Gasteiger partial charge in [0.1, 0.15) is 5.75 Å². The Bertz CT molecular complexity index is 1480. The number of anilines is 1. The number of nitrogens with one attached hydrogen (secondary N) is 1. The van der Waals surface area contributed by atoms with E-state index in [1.54, 1.807) is 17.9 Å². The van der Waals surface area contributed by atoms with Crippen LogP contribution in [0.3, 0.4) is 0 Å². The topological polar surface area (TPSA) is 81.9 Å². The molecule has 0 spiro atoms. The number of hydrogen-bond donors (Lipinski definition) is 1. The van der Waals surface area contributed by atoms with Crippen molar-refractivity contribution in [1.82, 2.24) is 19.7 Å². The molecule has 0 atom stereocenters. The number of aromatic nitrogens is 4. The highest BCUT2D eigenvalue weighted by Gasteiger charge is 2.20. The lowest BCUT2D eigenvalue weighted by molar-refractivity contribution is 0.102.